The third kappa shape index (κ3) is 6.26. The van der Waals surface area contributed by atoms with Gasteiger partial charge in [-0.15, -0.1) is 0 Å². The number of carboxylic acids is 1. The first-order chi connectivity index (χ1) is 9.49. The molecule has 1 unspecified atom stereocenters. The van der Waals surface area contributed by atoms with E-state index in [0.717, 1.165) is 5.56 Å². The van der Waals surface area contributed by atoms with Crippen LogP contribution < -0.4 is 5.32 Å². The summed E-state index contributed by atoms with van der Waals surface area (Å²) in [6, 6.07) is 7.98. The van der Waals surface area contributed by atoms with E-state index in [1.807, 2.05) is 30.3 Å². The van der Waals surface area contributed by atoms with Gasteiger partial charge in [0.05, 0.1) is 0 Å². The van der Waals surface area contributed by atoms with Crippen LogP contribution in [0.1, 0.15) is 24.8 Å². The standard InChI is InChI=1S/C14H17F2NO3/c15-12(16)9-11(14(19)20)17-13(18)8-4-7-10-5-2-1-3-6-10/h1-3,5-6,11-12H,4,7-9H2,(H,17,18)(H,19,20). The maximum absolute atomic E-state index is 12.2. The predicted molar refractivity (Wildman–Crippen MR) is 69.6 cm³/mol. The highest BCUT2D eigenvalue weighted by Crippen LogP contribution is 2.07. The molecule has 0 spiro atoms. The van der Waals surface area contributed by atoms with Gasteiger partial charge in [-0.1, -0.05) is 30.3 Å². The Morgan fingerprint density at radius 1 is 1.20 bits per heavy atom. The summed E-state index contributed by atoms with van der Waals surface area (Å²) in [6.45, 7) is 0. The number of halogens is 2. The van der Waals surface area contributed by atoms with Crippen LogP contribution >= 0.6 is 0 Å². The van der Waals surface area contributed by atoms with Crippen molar-refractivity contribution < 1.29 is 23.5 Å². The first kappa shape index (κ1) is 16.1. The van der Waals surface area contributed by atoms with Gasteiger partial charge >= 0.3 is 5.97 Å². The summed E-state index contributed by atoms with van der Waals surface area (Å²) in [5.74, 6) is -1.96. The molecule has 0 saturated heterocycles. The number of benzene rings is 1. The van der Waals surface area contributed by atoms with E-state index >= 15 is 0 Å². The molecule has 1 rings (SSSR count). The lowest BCUT2D eigenvalue weighted by atomic mass is 10.1. The number of nitrogens with one attached hydrogen (secondary N) is 1. The normalized spacial score (nSPS) is 12.2. The molecule has 0 bridgehead atoms. The van der Waals surface area contributed by atoms with Gasteiger partial charge in [-0.3, -0.25) is 4.79 Å². The Morgan fingerprint density at radius 3 is 2.40 bits per heavy atom. The number of aryl methyl sites for hydroxylation is 1. The molecule has 0 fully saturated rings. The SMILES string of the molecule is O=C(CCCc1ccccc1)NC(CC(F)F)C(=O)O. The van der Waals surface area contributed by atoms with Gasteiger partial charge in [0.2, 0.25) is 12.3 Å². The molecule has 1 atom stereocenters. The molecule has 6 heteroatoms. The second-order valence-corrected chi connectivity index (χ2v) is 4.42. The smallest absolute Gasteiger partial charge is 0.326 e. The van der Waals surface area contributed by atoms with Gasteiger partial charge in [0, 0.05) is 12.8 Å². The monoisotopic (exact) mass is 285 g/mol. The van der Waals surface area contributed by atoms with Crippen molar-refractivity contribution in [3.05, 3.63) is 35.9 Å². The van der Waals surface area contributed by atoms with Crippen molar-refractivity contribution in [1.82, 2.24) is 5.32 Å². The van der Waals surface area contributed by atoms with Crippen molar-refractivity contribution >= 4 is 11.9 Å². The number of hydrogen-bond donors (Lipinski definition) is 2. The number of alkyl halides is 2. The van der Waals surface area contributed by atoms with Crippen LogP contribution in [0.4, 0.5) is 8.78 Å². The van der Waals surface area contributed by atoms with Crippen LogP contribution in [0.15, 0.2) is 30.3 Å². The molecule has 1 amide bonds. The summed E-state index contributed by atoms with van der Waals surface area (Å²) in [7, 11) is 0. The van der Waals surface area contributed by atoms with Crippen molar-refractivity contribution in [2.24, 2.45) is 0 Å². The van der Waals surface area contributed by atoms with E-state index in [-0.39, 0.29) is 6.42 Å². The summed E-state index contributed by atoms with van der Waals surface area (Å²) in [4.78, 5) is 22.2. The molecular formula is C14H17F2NO3. The molecule has 4 nitrogen and oxygen atoms in total. The summed E-state index contributed by atoms with van der Waals surface area (Å²) in [6.07, 6.45) is -2.31. The molecule has 0 radical (unpaired) electrons. The van der Waals surface area contributed by atoms with Crippen LogP contribution in [0.5, 0.6) is 0 Å². The van der Waals surface area contributed by atoms with Crippen LogP contribution in [-0.2, 0) is 16.0 Å². The van der Waals surface area contributed by atoms with Crippen molar-refractivity contribution in [2.75, 3.05) is 0 Å². The van der Waals surface area contributed by atoms with Crippen molar-refractivity contribution in [3.8, 4) is 0 Å². The molecule has 1 aromatic rings. The molecule has 0 aromatic heterocycles. The maximum Gasteiger partial charge on any atom is 0.326 e. The highest BCUT2D eigenvalue weighted by atomic mass is 19.3. The van der Waals surface area contributed by atoms with E-state index in [9.17, 15) is 18.4 Å². The van der Waals surface area contributed by atoms with E-state index in [1.165, 1.54) is 0 Å². The summed E-state index contributed by atoms with van der Waals surface area (Å²) in [5, 5.41) is 10.8. The molecule has 1 aromatic carbocycles. The van der Waals surface area contributed by atoms with Gasteiger partial charge in [0.25, 0.3) is 0 Å². The summed E-state index contributed by atoms with van der Waals surface area (Å²) in [5.41, 5.74) is 1.07. The van der Waals surface area contributed by atoms with Gasteiger partial charge in [0.1, 0.15) is 6.04 Å². The minimum atomic E-state index is -2.76. The Bertz CT molecular complexity index is 437. The predicted octanol–water partition coefficient (Wildman–Crippen LogP) is 2.23. The van der Waals surface area contributed by atoms with Gasteiger partial charge in [-0.2, -0.15) is 0 Å². The van der Waals surface area contributed by atoms with Gasteiger partial charge in [-0.05, 0) is 18.4 Å². The number of amides is 1. The lowest BCUT2D eigenvalue weighted by Crippen LogP contribution is -2.41. The Balaban J connectivity index is 2.33. The van der Waals surface area contributed by atoms with Crippen LogP contribution in [0, 0.1) is 0 Å². The fourth-order valence-corrected chi connectivity index (χ4v) is 1.76. The number of carbonyl (C=O) groups is 2. The zero-order valence-electron chi connectivity index (χ0n) is 10.9. The topological polar surface area (TPSA) is 66.4 Å². The van der Waals surface area contributed by atoms with E-state index < -0.39 is 30.8 Å². The fraction of sp³-hybridized carbons (Fsp3) is 0.429. The molecule has 0 heterocycles. The molecule has 110 valence electrons. The largest absolute Gasteiger partial charge is 0.480 e. The Morgan fingerprint density at radius 2 is 1.85 bits per heavy atom. The number of aliphatic carboxylic acids is 1. The minimum Gasteiger partial charge on any atom is -0.480 e. The zero-order valence-corrected chi connectivity index (χ0v) is 10.9. The average Bonchev–Trinajstić information content (AvgIpc) is 2.38. The second kappa shape index (κ2) is 8.24. The first-order valence-electron chi connectivity index (χ1n) is 6.33. The molecule has 20 heavy (non-hydrogen) atoms. The van der Waals surface area contributed by atoms with Gasteiger partial charge in [0.15, 0.2) is 0 Å². The number of rotatable bonds is 8. The Hall–Kier alpha value is -1.98. The fourth-order valence-electron chi connectivity index (χ4n) is 1.76. The summed E-state index contributed by atoms with van der Waals surface area (Å²) < 4.78 is 24.3. The number of carboxylic acid groups (broad SMARTS) is 1. The highest BCUT2D eigenvalue weighted by Gasteiger charge is 2.23. The van der Waals surface area contributed by atoms with Crippen molar-refractivity contribution in [1.29, 1.82) is 0 Å². The van der Waals surface area contributed by atoms with Gasteiger partial charge < -0.3 is 10.4 Å². The van der Waals surface area contributed by atoms with E-state index in [1.54, 1.807) is 0 Å². The maximum atomic E-state index is 12.2. The number of hydrogen-bond acceptors (Lipinski definition) is 2. The summed E-state index contributed by atoms with van der Waals surface area (Å²) >= 11 is 0. The molecule has 0 aliphatic rings. The van der Waals surface area contributed by atoms with Crippen molar-refractivity contribution in [2.45, 2.75) is 38.2 Å². The third-order valence-electron chi connectivity index (χ3n) is 2.76. The zero-order chi connectivity index (χ0) is 15.0. The Kier molecular flexibility index (Phi) is 6.63. The van der Waals surface area contributed by atoms with Gasteiger partial charge in [-0.25, -0.2) is 13.6 Å². The van der Waals surface area contributed by atoms with Crippen LogP contribution in [0.3, 0.4) is 0 Å². The first-order valence-corrected chi connectivity index (χ1v) is 6.33. The molecule has 0 aliphatic carbocycles. The van der Waals surface area contributed by atoms with E-state index in [4.69, 9.17) is 5.11 Å². The lowest BCUT2D eigenvalue weighted by molar-refractivity contribution is -0.143. The molecule has 0 saturated carbocycles. The molecular weight excluding hydrogens is 268 g/mol. The van der Waals surface area contributed by atoms with Crippen molar-refractivity contribution in [3.63, 3.8) is 0 Å². The van der Waals surface area contributed by atoms with Crippen LogP contribution in [0.25, 0.3) is 0 Å². The van der Waals surface area contributed by atoms with E-state index in [2.05, 4.69) is 5.32 Å². The minimum absolute atomic E-state index is 0.113. The van der Waals surface area contributed by atoms with Crippen LogP contribution in [0.2, 0.25) is 0 Å². The molecule has 2 N–H and O–H groups in total. The third-order valence-corrected chi connectivity index (χ3v) is 2.76. The van der Waals surface area contributed by atoms with E-state index in [0.29, 0.717) is 12.8 Å². The number of carbonyl (C=O) groups excluding carboxylic acids is 1. The Labute approximate surface area is 115 Å². The highest BCUT2D eigenvalue weighted by molar-refractivity contribution is 5.83. The second-order valence-electron chi connectivity index (χ2n) is 4.42. The quantitative estimate of drug-likeness (QED) is 0.769. The van der Waals surface area contributed by atoms with Crippen LogP contribution in [-0.4, -0.2) is 29.5 Å². The average molecular weight is 285 g/mol. The molecule has 0 aliphatic heterocycles. The lowest BCUT2D eigenvalue weighted by Gasteiger charge is -2.13.